The number of likely N-dealkylation sites (tertiary alicyclic amines) is 1. The fourth-order valence-corrected chi connectivity index (χ4v) is 3.34. The quantitative estimate of drug-likeness (QED) is 0.729. The van der Waals surface area contributed by atoms with Crippen molar-refractivity contribution >= 4 is 23.5 Å². The third-order valence-corrected chi connectivity index (χ3v) is 4.95. The second kappa shape index (κ2) is 8.91. The molecule has 1 amide bonds. The monoisotopic (exact) mass is 387 g/mol. The topological polar surface area (TPSA) is 55.8 Å². The van der Waals surface area contributed by atoms with Crippen molar-refractivity contribution in [2.75, 3.05) is 20.2 Å². The lowest BCUT2D eigenvalue weighted by atomic mass is 9.97. The van der Waals surface area contributed by atoms with Crippen molar-refractivity contribution in [2.45, 2.75) is 19.4 Å². The van der Waals surface area contributed by atoms with E-state index in [2.05, 4.69) is 0 Å². The molecule has 6 heteroatoms. The first-order valence-electron chi connectivity index (χ1n) is 8.92. The predicted molar refractivity (Wildman–Crippen MR) is 103 cm³/mol. The average molecular weight is 388 g/mol. The fourth-order valence-electron chi connectivity index (χ4n) is 3.22. The molecule has 0 N–H and O–H groups in total. The molecule has 1 aliphatic rings. The number of halogens is 1. The molecule has 0 aliphatic carbocycles. The van der Waals surface area contributed by atoms with Gasteiger partial charge in [0.25, 0.3) is 5.91 Å². The van der Waals surface area contributed by atoms with Gasteiger partial charge in [-0.25, -0.2) is 0 Å². The van der Waals surface area contributed by atoms with Crippen molar-refractivity contribution in [3.05, 3.63) is 64.7 Å². The summed E-state index contributed by atoms with van der Waals surface area (Å²) in [7, 11) is 1.59. The summed E-state index contributed by atoms with van der Waals surface area (Å²) in [6.07, 6.45) is 1.49. The van der Waals surface area contributed by atoms with Crippen molar-refractivity contribution in [3.8, 4) is 5.75 Å². The zero-order chi connectivity index (χ0) is 19.2. The van der Waals surface area contributed by atoms with Gasteiger partial charge in [-0.05, 0) is 43.2 Å². The Kier molecular flexibility index (Phi) is 6.35. The molecule has 1 saturated heterocycles. The van der Waals surface area contributed by atoms with Crippen LogP contribution in [0, 0.1) is 5.92 Å². The zero-order valence-electron chi connectivity index (χ0n) is 15.2. The van der Waals surface area contributed by atoms with E-state index in [9.17, 15) is 9.59 Å². The van der Waals surface area contributed by atoms with Crippen LogP contribution in [-0.4, -0.2) is 37.0 Å². The molecule has 3 rings (SSSR count). The van der Waals surface area contributed by atoms with Crippen LogP contribution in [0.4, 0.5) is 0 Å². The van der Waals surface area contributed by atoms with Crippen LogP contribution in [0.2, 0.25) is 5.02 Å². The molecule has 0 bridgehead atoms. The maximum atomic E-state index is 12.7. The van der Waals surface area contributed by atoms with Gasteiger partial charge in [-0.2, -0.15) is 0 Å². The minimum absolute atomic E-state index is 0.0890. The summed E-state index contributed by atoms with van der Waals surface area (Å²) >= 11 is 5.88. The van der Waals surface area contributed by atoms with Gasteiger partial charge < -0.3 is 14.4 Å². The van der Waals surface area contributed by atoms with Gasteiger partial charge in [-0.15, -0.1) is 0 Å². The Morgan fingerprint density at radius 1 is 1.15 bits per heavy atom. The molecule has 0 spiro atoms. The van der Waals surface area contributed by atoms with E-state index < -0.39 is 0 Å². The summed E-state index contributed by atoms with van der Waals surface area (Å²) < 4.78 is 10.8. The lowest BCUT2D eigenvalue weighted by Gasteiger charge is -2.31. The molecule has 5 nitrogen and oxygen atoms in total. The second-order valence-corrected chi connectivity index (χ2v) is 6.95. The van der Waals surface area contributed by atoms with E-state index in [-0.39, 0.29) is 24.4 Å². The van der Waals surface area contributed by atoms with Crippen molar-refractivity contribution in [3.63, 3.8) is 0 Å². The number of amides is 1. The standard InChI is InChI=1S/C21H22ClNO4/c1-26-19-7-3-2-5-17(19)14-27-21(25)16-6-4-12-23(13-16)20(24)15-8-10-18(22)11-9-15/h2-3,5,7-11,16H,4,6,12-14H2,1H3/t16-/m1/s1. The number of piperidine rings is 1. The lowest BCUT2D eigenvalue weighted by Crippen LogP contribution is -2.42. The van der Waals surface area contributed by atoms with E-state index in [1.807, 2.05) is 24.3 Å². The van der Waals surface area contributed by atoms with Gasteiger partial charge in [0.2, 0.25) is 0 Å². The summed E-state index contributed by atoms with van der Waals surface area (Å²) in [6.45, 7) is 1.16. The third kappa shape index (κ3) is 4.80. The molecule has 0 aromatic heterocycles. The molecular formula is C21H22ClNO4. The maximum absolute atomic E-state index is 12.7. The summed E-state index contributed by atoms with van der Waals surface area (Å²) in [4.78, 5) is 26.9. The molecule has 142 valence electrons. The van der Waals surface area contributed by atoms with Crippen LogP contribution in [0.25, 0.3) is 0 Å². The van der Waals surface area contributed by atoms with E-state index in [1.54, 1.807) is 36.3 Å². The van der Waals surface area contributed by atoms with Gasteiger partial charge in [0, 0.05) is 29.2 Å². The van der Waals surface area contributed by atoms with Crippen LogP contribution in [0.1, 0.15) is 28.8 Å². The van der Waals surface area contributed by atoms with E-state index in [1.165, 1.54) is 0 Å². The first kappa shape index (κ1) is 19.2. The van der Waals surface area contributed by atoms with Gasteiger partial charge >= 0.3 is 5.97 Å². The molecule has 1 fully saturated rings. The number of methoxy groups -OCH3 is 1. The number of carbonyl (C=O) groups is 2. The van der Waals surface area contributed by atoms with Crippen LogP contribution >= 0.6 is 11.6 Å². The Morgan fingerprint density at radius 2 is 1.89 bits per heavy atom. The Bertz CT molecular complexity index is 806. The number of para-hydroxylation sites is 1. The molecule has 1 heterocycles. The Morgan fingerprint density at radius 3 is 2.63 bits per heavy atom. The lowest BCUT2D eigenvalue weighted by molar-refractivity contribution is -0.151. The normalized spacial score (nSPS) is 16.7. The van der Waals surface area contributed by atoms with E-state index >= 15 is 0 Å². The number of benzene rings is 2. The molecule has 2 aromatic carbocycles. The number of nitrogens with zero attached hydrogens (tertiary/aromatic N) is 1. The van der Waals surface area contributed by atoms with Crippen LogP contribution in [0.15, 0.2) is 48.5 Å². The number of ether oxygens (including phenoxy) is 2. The maximum Gasteiger partial charge on any atom is 0.311 e. The van der Waals surface area contributed by atoms with Crippen LogP contribution in [0.3, 0.4) is 0 Å². The minimum Gasteiger partial charge on any atom is -0.496 e. The van der Waals surface area contributed by atoms with Gasteiger partial charge in [-0.3, -0.25) is 9.59 Å². The molecule has 1 aliphatic heterocycles. The predicted octanol–water partition coefficient (Wildman–Crippen LogP) is 3.94. The van der Waals surface area contributed by atoms with Crippen molar-refractivity contribution in [2.24, 2.45) is 5.92 Å². The van der Waals surface area contributed by atoms with Gasteiger partial charge in [0.15, 0.2) is 0 Å². The minimum atomic E-state index is -0.315. The van der Waals surface area contributed by atoms with Gasteiger partial charge in [-0.1, -0.05) is 29.8 Å². The number of carbonyl (C=O) groups excluding carboxylic acids is 2. The SMILES string of the molecule is COc1ccccc1COC(=O)[C@@H]1CCCN(C(=O)c2ccc(Cl)cc2)C1. The van der Waals surface area contributed by atoms with Crippen molar-refractivity contribution in [1.29, 1.82) is 0 Å². The van der Waals surface area contributed by atoms with E-state index in [4.69, 9.17) is 21.1 Å². The van der Waals surface area contributed by atoms with Crippen molar-refractivity contribution < 1.29 is 19.1 Å². The van der Waals surface area contributed by atoms with Crippen LogP contribution < -0.4 is 4.74 Å². The summed E-state index contributed by atoms with van der Waals surface area (Å²) in [5.41, 5.74) is 1.39. The van der Waals surface area contributed by atoms with E-state index in [0.29, 0.717) is 29.4 Å². The summed E-state index contributed by atoms with van der Waals surface area (Å²) in [5, 5.41) is 0.586. The number of esters is 1. The Balaban J connectivity index is 1.59. The smallest absolute Gasteiger partial charge is 0.311 e. The summed E-state index contributed by atoms with van der Waals surface area (Å²) in [5.74, 6) is 0.00148. The molecule has 27 heavy (non-hydrogen) atoms. The zero-order valence-corrected chi connectivity index (χ0v) is 15.9. The molecule has 0 unspecified atom stereocenters. The van der Waals surface area contributed by atoms with Crippen LogP contribution in [0.5, 0.6) is 5.75 Å². The average Bonchev–Trinajstić information content (AvgIpc) is 2.72. The van der Waals surface area contributed by atoms with Crippen molar-refractivity contribution in [1.82, 2.24) is 4.90 Å². The highest BCUT2D eigenvalue weighted by atomic mass is 35.5. The van der Waals surface area contributed by atoms with E-state index in [0.717, 1.165) is 18.4 Å². The first-order chi connectivity index (χ1) is 13.1. The van der Waals surface area contributed by atoms with Gasteiger partial charge in [0.05, 0.1) is 13.0 Å². The highest BCUT2D eigenvalue weighted by Gasteiger charge is 2.30. The number of hydrogen-bond donors (Lipinski definition) is 0. The molecule has 0 radical (unpaired) electrons. The molecule has 2 aromatic rings. The fraction of sp³-hybridized carbons (Fsp3) is 0.333. The molecule has 1 atom stereocenters. The van der Waals surface area contributed by atoms with Crippen LogP contribution in [-0.2, 0) is 16.1 Å². The first-order valence-corrected chi connectivity index (χ1v) is 9.29. The molecular weight excluding hydrogens is 366 g/mol. The Labute approximate surface area is 163 Å². The third-order valence-electron chi connectivity index (χ3n) is 4.70. The molecule has 0 saturated carbocycles. The number of rotatable bonds is 5. The highest BCUT2D eigenvalue weighted by Crippen LogP contribution is 2.23. The number of hydrogen-bond acceptors (Lipinski definition) is 4. The highest BCUT2D eigenvalue weighted by molar-refractivity contribution is 6.30. The Hall–Kier alpha value is -2.53. The second-order valence-electron chi connectivity index (χ2n) is 6.52. The van der Waals surface area contributed by atoms with Gasteiger partial charge in [0.1, 0.15) is 12.4 Å². The summed E-state index contributed by atoms with van der Waals surface area (Å²) in [6, 6.07) is 14.2. The largest absolute Gasteiger partial charge is 0.496 e.